The molecule has 0 radical (unpaired) electrons. The topological polar surface area (TPSA) is 12.0 Å². The molecule has 1 aromatic rings. The summed E-state index contributed by atoms with van der Waals surface area (Å²) in [5.41, 5.74) is 1.31. The Morgan fingerprint density at radius 1 is 1.05 bits per heavy atom. The van der Waals surface area contributed by atoms with Gasteiger partial charge in [-0.1, -0.05) is 46.8 Å². The summed E-state index contributed by atoms with van der Waals surface area (Å²) in [7, 11) is 0. The van der Waals surface area contributed by atoms with Gasteiger partial charge in [-0.25, -0.2) is 4.39 Å². The third-order valence-corrected chi connectivity index (χ3v) is 5.07. The van der Waals surface area contributed by atoms with Crippen LogP contribution >= 0.6 is 0 Å². The van der Waals surface area contributed by atoms with E-state index in [0.717, 1.165) is 11.8 Å². The summed E-state index contributed by atoms with van der Waals surface area (Å²) in [5.74, 6) is 1.46. The molecule has 1 saturated carbocycles. The normalized spacial score (nSPS) is 28.4. The van der Waals surface area contributed by atoms with Crippen molar-refractivity contribution in [2.24, 2.45) is 17.3 Å². The highest BCUT2D eigenvalue weighted by Gasteiger charge is 2.31. The Bertz CT molecular complexity index is 446. The summed E-state index contributed by atoms with van der Waals surface area (Å²) in [4.78, 5) is 0. The molecule has 2 heteroatoms. The first-order valence-corrected chi connectivity index (χ1v) is 8.29. The van der Waals surface area contributed by atoms with Gasteiger partial charge in [0.05, 0.1) is 0 Å². The van der Waals surface area contributed by atoms with Gasteiger partial charge in [0, 0.05) is 12.1 Å². The van der Waals surface area contributed by atoms with Gasteiger partial charge in [0.15, 0.2) is 0 Å². The van der Waals surface area contributed by atoms with Crippen molar-refractivity contribution in [1.29, 1.82) is 0 Å². The molecule has 0 bridgehead atoms. The van der Waals surface area contributed by atoms with Crippen molar-refractivity contribution in [1.82, 2.24) is 5.32 Å². The average molecular weight is 291 g/mol. The first-order chi connectivity index (χ1) is 9.77. The minimum absolute atomic E-state index is 0.115. The third kappa shape index (κ3) is 4.29. The van der Waals surface area contributed by atoms with Crippen LogP contribution in [0, 0.1) is 23.1 Å². The molecule has 0 spiro atoms. The van der Waals surface area contributed by atoms with Gasteiger partial charge in [0.25, 0.3) is 0 Å². The van der Waals surface area contributed by atoms with E-state index in [9.17, 15) is 4.39 Å². The Morgan fingerprint density at radius 2 is 1.67 bits per heavy atom. The van der Waals surface area contributed by atoms with E-state index in [1.807, 2.05) is 12.1 Å². The highest BCUT2D eigenvalue weighted by atomic mass is 19.1. The molecule has 1 fully saturated rings. The molecule has 1 nitrogen and oxygen atoms in total. The number of benzene rings is 1. The van der Waals surface area contributed by atoms with Gasteiger partial charge < -0.3 is 5.32 Å². The molecule has 4 atom stereocenters. The zero-order chi connectivity index (χ0) is 15.6. The first-order valence-electron chi connectivity index (χ1n) is 8.29. The zero-order valence-electron chi connectivity index (χ0n) is 14.1. The lowest BCUT2D eigenvalue weighted by Crippen LogP contribution is -2.42. The first kappa shape index (κ1) is 16.5. The molecule has 4 unspecified atom stereocenters. The Kier molecular flexibility index (Phi) is 5.08. The van der Waals surface area contributed by atoms with Crippen LogP contribution in [0.5, 0.6) is 0 Å². The van der Waals surface area contributed by atoms with Crippen molar-refractivity contribution >= 4 is 0 Å². The van der Waals surface area contributed by atoms with Gasteiger partial charge in [-0.05, 0) is 54.2 Å². The van der Waals surface area contributed by atoms with E-state index in [0.29, 0.717) is 6.04 Å². The quantitative estimate of drug-likeness (QED) is 0.794. The molecule has 118 valence electrons. The van der Waals surface area contributed by atoms with Crippen LogP contribution in [-0.2, 0) is 0 Å². The summed E-state index contributed by atoms with van der Waals surface area (Å²) in [6.07, 6.45) is 3.80. The third-order valence-electron chi connectivity index (χ3n) is 5.07. The Hall–Kier alpha value is -0.890. The van der Waals surface area contributed by atoms with E-state index < -0.39 is 0 Å². The molecule has 0 amide bonds. The molecule has 0 heterocycles. The molecule has 0 aromatic heterocycles. The highest BCUT2D eigenvalue weighted by Crippen LogP contribution is 2.36. The molecule has 2 rings (SSSR count). The lowest BCUT2D eigenvalue weighted by atomic mass is 9.77. The number of hydrogen-bond donors (Lipinski definition) is 1. The fourth-order valence-corrected chi connectivity index (χ4v) is 3.44. The molecular weight excluding hydrogens is 261 g/mol. The summed E-state index contributed by atoms with van der Waals surface area (Å²) in [6, 6.07) is 7.83. The van der Waals surface area contributed by atoms with Crippen LogP contribution in [0.15, 0.2) is 24.3 Å². The van der Waals surface area contributed by atoms with Crippen LogP contribution < -0.4 is 5.32 Å². The Balaban J connectivity index is 2.12. The number of nitrogens with one attached hydrogen (secondary N) is 1. The SMILES string of the molecule is CC1CCC(NC(c2ccc(F)cc2)C(C)(C)C)CC1C. The average Bonchev–Trinajstić information content (AvgIpc) is 2.40. The van der Waals surface area contributed by atoms with Crippen LogP contribution in [0.25, 0.3) is 0 Å². The molecular formula is C19H30FN. The lowest BCUT2D eigenvalue weighted by molar-refractivity contribution is 0.177. The van der Waals surface area contributed by atoms with Crippen LogP contribution in [0.1, 0.15) is 65.5 Å². The van der Waals surface area contributed by atoms with Crippen molar-refractivity contribution in [3.05, 3.63) is 35.6 Å². The standard InChI is InChI=1S/C19H30FN/c1-13-6-11-17(12-14(13)2)21-18(19(3,4)5)15-7-9-16(20)10-8-15/h7-10,13-14,17-18,21H,6,11-12H2,1-5H3. The van der Waals surface area contributed by atoms with E-state index in [1.54, 1.807) is 12.1 Å². The van der Waals surface area contributed by atoms with Crippen molar-refractivity contribution in [3.63, 3.8) is 0 Å². The maximum atomic E-state index is 13.2. The van der Waals surface area contributed by atoms with Crippen molar-refractivity contribution in [2.75, 3.05) is 0 Å². The summed E-state index contributed by atoms with van der Waals surface area (Å²) in [6.45, 7) is 11.5. The van der Waals surface area contributed by atoms with Crippen LogP contribution in [0.2, 0.25) is 0 Å². The number of hydrogen-bond acceptors (Lipinski definition) is 1. The molecule has 1 aliphatic carbocycles. The van der Waals surface area contributed by atoms with E-state index in [2.05, 4.69) is 39.9 Å². The number of rotatable bonds is 3. The highest BCUT2D eigenvalue weighted by molar-refractivity contribution is 5.22. The summed E-state index contributed by atoms with van der Waals surface area (Å²) >= 11 is 0. The van der Waals surface area contributed by atoms with Gasteiger partial charge in [0.2, 0.25) is 0 Å². The molecule has 1 aromatic carbocycles. The summed E-state index contributed by atoms with van der Waals surface area (Å²) in [5, 5.41) is 3.86. The maximum absolute atomic E-state index is 13.2. The van der Waals surface area contributed by atoms with Crippen molar-refractivity contribution in [3.8, 4) is 0 Å². The van der Waals surface area contributed by atoms with E-state index in [-0.39, 0.29) is 17.3 Å². The van der Waals surface area contributed by atoms with Gasteiger partial charge in [-0.15, -0.1) is 0 Å². The second kappa shape index (κ2) is 6.48. The second-order valence-electron chi connectivity index (χ2n) is 7.98. The van der Waals surface area contributed by atoms with Crippen molar-refractivity contribution in [2.45, 2.75) is 66.0 Å². The minimum Gasteiger partial charge on any atom is -0.307 e. The van der Waals surface area contributed by atoms with E-state index in [1.165, 1.54) is 24.8 Å². The fraction of sp³-hybridized carbons (Fsp3) is 0.684. The van der Waals surface area contributed by atoms with Gasteiger partial charge >= 0.3 is 0 Å². The summed E-state index contributed by atoms with van der Waals surface area (Å²) < 4.78 is 13.2. The smallest absolute Gasteiger partial charge is 0.123 e. The van der Waals surface area contributed by atoms with E-state index in [4.69, 9.17) is 0 Å². The predicted molar refractivity (Wildman–Crippen MR) is 87.7 cm³/mol. The minimum atomic E-state index is -0.161. The number of halogens is 1. The van der Waals surface area contributed by atoms with Crippen LogP contribution in [-0.4, -0.2) is 6.04 Å². The molecule has 1 N–H and O–H groups in total. The zero-order valence-corrected chi connectivity index (χ0v) is 14.1. The lowest BCUT2D eigenvalue weighted by Gasteiger charge is -2.39. The molecule has 0 aliphatic heterocycles. The van der Waals surface area contributed by atoms with Crippen LogP contribution in [0.4, 0.5) is 4.39 Å². The van der Waals surface area contributed by atoms with Gasteiger partial charge in [-0.2, -0.15) is 0 Å². The van der Waals surface area contributed by atoms with Crippen molar-refractivity contribution < 1.29 is 4.39 Å². The molecule has 1 aliphatic rings. The van der Waals surface area contributed by atoms with Gasteiger partial charge in [-0.3, -0.25) is 0 Å². The van der Waals surface area contributed by atoms with E-state index >= 15 is 0 Å². The Morgan fingerprint density at radius 3 is 2.19 bits per heavy atom. The maximum Gasteiger partial charge on any atom is 0.123 e. The van der Waals surface area contributed by atoms with Crippen LogP contribution in [0.3, 0.4) is 0 Å². The molecule has 0 saturated heterocycles. The largest absolute Gasteiger partial charge is 0.307 e. The fourth-order valence-electron chi connectivity index (χ4n) is 3.44. The molecule has 21 heavy (non-hydrogen) atoms. The second-order valence-corrected chi connectivity index (χ2v) is 7.98. The predicted octanol–water partition coefficient (Wildman–Crippen LogP) is 5.33. The Labute approximate surface area is 129 Å². The monoisotopic (exact) mass is 291 g/mol. The van der Waals surface area contributed by atoms with Gasteiger partial charge in [0.1, 0.15) is 5.82 Å².